The molecule has 3 aromatic carbocycles. The van der Waals surface area contributed by atoms with E-state index < -0.39 is 0 Å². The zero-order valence-corrected chi connectivity index (χ0v) is 12.4. The number of anilines is 1. The van der Waals surface area contributed by atoms with Gasteiger partial charge in [0.25, 0.3) is 0 Å². The molecule has 0 radical (unpaired) electrons. The molecule has 0 N–H and O–H groups in total. The van der Waals surface area contributed by atoms with Gasteiger partial charge in [-0.25, -0.2) is 0 Å². The number of benzene rings is 3. The van der Waals surface area contributed by atoms with Crippen LogP contribution in [0.4, 0.5) is 5.69 Å². The zero-order chi connectivity index (χ0) is 14.4. The molecular formula is C19H21N. The van der Waals surface area contributed by atoms with Gasteiger partial charge < -0.3 is 4.90 Å². The molecule has 0 amide bonds. The van der Waals surface area contributed by atoms with Crippen LogP contribution in [-0.2, 0) is 0 Å². The maximum absolute atomic E-state index is 2.16. The Balaban J connectivity index is 0.000000151. The van der Waals surface area contributed by atoms with E-state index in [-0.39, 0.29) is 0 Å². The van der Waals surface area contributed by atoms with Crippen molar-refractivity contribution in [1.82, 2.24) is 0 Å². The predicted octanol–water partition coefficient (Wildman–Crippen LogP) is 4.90. The van der Waals surface area contributed by atoms with E-state index in [4.69, 9.17) is 0 Å². The summed E-state index contributed by atoms with van der Waals surface area (Å²) in [4.78, 5) is 2.08. The summed E-state index contributed by atoms with van der Waals surface area (Å²) >= 11 is 0. The molecule has 0 aliphatic rings. The average molecular weight is 263 g/mol. The van der Waals surface area contributed by atoms with Crippen LogP contribution in [0, 0.1) is 6.92 Å². The quantitative estimate of drug-likeness (QED) is 0.603. The topological polar surface area (TPSA) is 3.24 Å². The van der Waals surface area contributed by atoms with Crippen molar-refractivity contribution in [2.75, 3.05) is 19.0 Å². The van der Waals surface area contributed by atoms with Gasteiger partial charge in [-0.3, -0.25) is 0 Å². The van der Waals surface area contributed by atoms with Crippen LogP contribution in [0.2, 0.25) is 0 Å². The molecule has 0 fully saturated rings. The molecule has 1 heteroatoms. The minimum atomic E-state index is 1.25. The Morgan fingerprint density at radius 3 is 1.85 bits per heavy atom. The Labute approximate surface area is 121 Å². The van der Waals surface area contributed by atoms with Crippen LogP contribution in [0.25, 0.3) is 10.8 Å². The highest BCUT2D eigenvalue weighted by Crippen LogP contribution is 2.16. The molecule has 0 bridgehead atoms. The standard InChI is InChI=1S/C11H10.C8H11N/c1-9-5-4-7-10-6-2-3-8-11(9)10;1-9(2)8-6-4-3-5-7-8/h2-8H,1H3;3-7H,1-2H3. The number of fused-ring (bicyclic) bond motifs is 1. The van der Waals surface area contributed by atoms with Crippen LogP contribution >= 0.6 is 0 Å². The van der Waals surface area contributed by atoms with Crippen molar-refractivity contribution in [2.45, 2.75) is 6.92 Å². The van der Waals surface area contributed by atoms with Gasteiger partial charge in [-0.1, -0.05) is 60.7 Å². The van der Waals surface area contributed by atoms with E-state index in [2.05, 4.69) is 66.4 Å². The van der Waals surface area contributed by atoms with Gasteiger partial charge in [0, 0.05) is 19.8 Å². The van der Waals surface area contributed by atoms with Gasteiger partial charge in [-0.2, -0.15) is 0 Å². The monoisotopic (exact) mass is 263 g/mol. The summed E-state index contributed by atoms with van der Waals surface area (Å²) in [6, 6.07) is 25.1. The summed E-state index contributed by atoms with van der Waals surface area (Å²) < 4.78 is 0. The number of aryl methyl sites for hydroxylation is 1. The maximum atomic E-state index is 2.16. The van der Waals surface area contributed by atoms with Gasteiger partial charge in [0.1, 0.15) is 0 Å². The van der Waals surface area contributed by atoms with E-state index in [9.17, 15) is 0 Å². The van der Waals surface area contributed by atoms with Crippen molar-refractivity contribution in [3.8, 4) is 0 Å². The second-order valence-electron chi connectivity index (χ2n) is 5.03. The van der Waals surface area contributed by atoms with Crippen molar-refractivity contribution in [1.29, 1.82) is 0 Å². The van der Waals surface area contributed by atoms with Gasteiger partial charge in [0.2, 0.25) is 0 Å². The van der Waals surface area contributed by atoms with E-state index >= 15 is 0 Å². The molecule has 1 nitrogen and oxygen atoms in total. The highest BCUT2D eigenvalue weighted by molar-refractivity contribution is 5.85. The molecular weight excluding hydrogens is 242 g/mol. The number of hydrogen-bond acceptors (Lipinski definition) is 1. The summed E-state index contributed by atoms with van der Waals surface area (Å²) in [5.74, 6) is 0. The lowest BCUT2D eigenvalue weighted by Crippen LogP contribution is -2.07. The highest BCUT2D eigenvalue weighted by atomic mass is 15.1. The zero-order valence-electron chi connectivity index (χ0n) is 12.4. The van der Waals surface area contributed by atoms with E-state index in [1.165, 1.54) is 22.0 Å². The van der Waals surface area contributed by atoms with Crippen molar-refractivity contribution < 1.29 is 0 Å². The number of hydrogen-bond donors (Lipinski definition) is 0. The molecule has 3 aromatic rings. The third kappa shape index (κ3) is 3.61. The van der Waals surface area contributed by atoms with Gasteiger partial charge in [-0.15, -0.1) is 0 Å². The maximum Gasteiger partial charge on any atom is 0.0360 e. The van der Waals surface area contributed by atoms with E-state index in [0.717, 1.165) is 0 Å². The van der Waals surface area contributed by atoms with Crippen molar-refractivity contribution >= 4 is 16.5 Å². The van der Waals surface area contributed by atoms with Crippen molar-refractivity contribution in [3.63, 3.8) is 0 Å². The molecule has 0 saturated heterocycles. The largest absolute Gasteiger partial charge is 0.378 e. The predicted molar refractivity (Wildman–Crippen MR) is 89.5 cm³/mol. The highest BCUT2D eigenvalue weighted by Gasteiger charge is 1.92. The second kappa shape index (κ2) is 6.76. The lowest BCUT2D eigenvalue weighted by molar-refractivity contribution is 1.13. The van der Waals surface area contributed by atoms with Gasteiger partial charge in [0.05, 0.1) is 0 Å². The molecule has 0 aliphatic carbocycles. The molecule has 0 spiro atoms. The first-order valence-electron chi connectivity index (χ1n) is 6.85. The lowest BCUT2D eigenvalue weighted by atomic mass is 10.1. The Morgan fingerprint density at radius 1 is 0.650 bits per heavy atom. The molecule has 0 aliphatic heterocycles. The second-order valence-corrected chi connectivity index (χ2v) is 5.03. The summed E-state index contributed by atoms with van der Waals surface area (Å²) in [5, 5.41) is 2.68. The van der Waals surface area contributed by atoms with Crippen LogP contribution in [0.15, 0.2) is 72.8 Å². The first-order chi connectivity index (χ1) is 9.68. The number of rotatable bonds is 1. The molecule has 3 rings (SSSR count). The summed E-state index contributed by atoms with van der Waals surface area (Å²) in [7, 11) is 4.07. The lowest BCUT2D eigenvalue weighted by Gasteiger charge is -2.10. The van der Waals surface area contributed by atoms with Crippen LogP contribution in [0.1, 0.15) is 5.56 Å². The third-order valence-electron chi connectivity index (χ3n) is 3.28. The van der Waals surface area contributed by atoms with Crippen LogP contribution < -0.4 is 4.90 Å². The fraction of sp³-hybridized carbons (Fsp3) is 0.158. The molecule has 0 saturated carbocycles. The van der Waals surface area contributed by atoms with Crippen LogP contribution in [0.5, 0.6) is 0 Å². The normalized spacial score (nSPS) is 9.75. The van der Waals surface area contributed by atoms with Crippen LogP contribution in [0.3, 0.4) is 0 Å². The Morgan fingerprint density at radius 2 is 1.25 bits per heavy atom. The molecule has 20 heavy (non-hydrogen) atoms. The van der Waals surface area contributed by atoms with Crippen molar-refractivity contribution in [3.05, 3.63) is 78.4 Å². The summed E-state index contributed by atoms with van der Waals surface area (Å²) in [6.07, 6.45) is 0. The minimum absolute atomic E-state index is 1.25. The Bertz CT molecular complexity index is 651. The molecule has 0 aromatic heterocycles. The van der Waals surface area contributed by atoms with E-state index in [0.29, 0.717) is 0 Å². The molecule has 0 unspecified atom stereocenters. The Kier molecular flexibility index (Phi) is 4.78. The summed E-state index contributed by atoms with van der Waals surface area (Å²) in [6.45, 7) is 2.14. The molecule has 0 heterocycles. The fourth-order valence-corrected chi connectivity index (χ4v) is 2.11. The third-order valence-corrected chi connectivity index (χ3v) is 3.28. The average Bonchev–Trinajstić information content (AvgIpc) is 2.49. The van der Waals surface area contributed by atoms with Gasteiger partial charge in [0.15, 0.2) is 0 Å². The Hall–Kier alpha value is -2.28. The minimum Gasteiger partial charge on any atom is -0.378 e. The van der Waals surface area contributed by atoms with Gasteiger partial charge >= 0.3 is 0 Å². The van der Waals surface area contributed by atoms with Gasteiger partial charge in [-0.05, 0) is 35.4 Å². The van der Waals surface area contributed by atoms with Crippen molar-refractivity contribution in [2.24, 2.45) is 0 Å². The molecule has 0 atom stereocenters. The first-order valence-corrected chi connectivity index (χ1v) is 6.85. The van der Waals surface area contributed by atoms with E-state index in [1.807, 2.05) is 32.3 Å². The van der Waals surface area contributed by atoms with Crippen LogP contribution in [-0.4, -0.2) is 14.1 Å². The SMILES string of the molecule is CN(C)c1ccccc1.Cc1cccc2ccccc12. The van der Waals surface area contributed by atoms with E-state index in [1.54, 1.807) is 0 Å². The first kappa shape index (κ1) is 14.1. The summed E-state index contributed by atoms with van der Waals surface area (Å²) in [5.41, 5.74) is 2.60. The number of nitrogens with zero attached hydrogens (tertiary/aromatic N) is 1. The fourth-order valence-electron chi connectivity index (χ4n) is 2.11. The smallest absolute Gasteiger partial charge is 0.0360 e. The number of para-hydroxylation sites is 1. The molecule has 102 valence electrons.